The van der Waals surface area contributed by atoms with E-state index in [9.17, 15) is 0 Å². The zero-order chi connectivity index (χ0) is 14.4. The zero-order valence-corrected chi connectivity index (χ0v) is 13.4. The summed E-state index contributed by atoms with van der Waals surface area (Å²) in [4.78, 5) is 0. The minimum Gasteiger partial charge on any atom is -0.490 e. The molecule has 0 fully saturated rings. The van der Waals surface area contributed by atoms with E-state index in [2.05, 4.69) is 41.9 Å². The van der Waals surface area contributed by atoms with Crippen LogP contribution >= 0.6 is 15.9 Å². The van der Waals surface area contributed by atoms with E-state index < -0.39 is 0 Å². The molecule has 0 spiro atoms. The fraction of sp³-hybridized carbons (Fsp3) is 0.294. The monoisotopic (exact) mass is 334 g/mol. The van der Waals surface area contributed by atoms with Crippen LogP contribution in [0.5, 0.6) is 11.5 Å². The Morgan fingerprint density at radius 2 is 1.55 bits per heavy atom. The Kier molecular flexibility index (Phi) is 5.48. The van der Waals surface area contributed by atoms with Gasteiger partial charge in [-0.3, -0.25) is 0 Å². The third-order valence-corrected chi connectivity index (χ3v) is 3.46. The number of halogens is 1. The first kappa shape index (κ1) is 14.9. The Bertz CT molecular complexity index is 535. The summed E-state index contributed by atoms with van der Waals surface area (Å²) in [5.41, 5.74) is 1.32. The van der Waals surface area contributed by atoms with Crippen LogP contribution in [0.1, 0.15) is 25.3 Å². The highest BCUT2D eigenvalue weighted by atomic mass is 79.9. The Labute approximate surface area is 128 Å². The summed E-state index contributed by atoms with van der Waals surface area (Å²) in [6, 6.07) is 16.0. The largest absolute Gasteiger partial charge is 0.490 e. The Hall–Kier alpha value is -1.48. The molecule has 0 saturated heterocycles. The molecule has 2 aromatic rings. The van der Waals surface area contributed by atoms with Gasteiger partial charge in [-0.2, -0.15) is 0 Å². The summed E-state index contributed by atoms with van der Waals surface area (Å²) < 4.78 is 12.3. The van der Waals surface area contributed by atoms with Crippen molar-refractivity contribution in [3.8, 4) is 11.5 Å². The zero-order valence-electron chi connectivity index (χ0n) is 11.8. The predicted octanol–water partition coefficient (Wildman–Crippen LogP) is 5.03. The predicted molar refractivity (Wildman–Crippen MR) is 85.7 cm³/mol. The smallest absolute Gasteiger partial charge is 0.122 e. The first-order valence-corrected chi connectivity index (χ1v) is 7.55. The van der Waals surface area contributed by atoms with Gasteiger partial charge in [-0.15, -0.1) is 0 Å². The van der Waals surface area contributed by atoms with Crippen molar-refractivity contribution in [1.82, 2.24) is 0 Å². The average Bonchev–Trinajstić information content (AvgIpc) is 2.44. The van der Waals surface area contributed by atoms with Crippen LogP contribution in [0, 0.1) is 0 Å². The number of ether oxygens (including phenoxy) is 2. The minimum absolute atomic E-state index is 0.530. The van der Waals surface area contributed by atoms with Crippen LogP contribution in [0.2, 0.25) is 0 Å². The molecule has 0 aliphatic heterocycles. The normalized spacial score (nSPS) is 10.6. The molecule has 106 valence electrons. The highest BCUT2D eigenvalue weighted by Crippen LogP contribution is 2.19. The van der Waals surface area contributed by atoms with Gasteiger partial charge >= 0.3 is 0 Å². The van der Waals surface area contributed by atoms with Gasteiger partial charge in [0.25, 0.3) is 0 Å². The van der Waals surface area contributed by atoms with E-state index in [4.69, 9.17) is 9.47 Å². The lowest BCUT2D eigenvalue weighted by Crippen LogP contribution is -2.08. The standard InChI is InChI=1S/C17H19BrO2/c1-13(2)14-6-8-16(9-7-14)19-10-11-20-17-5-3-4-15(18)12-17/h3-9,12-13H,10-11H2,1-2H3. The maximum atomic E-state index is 5.66. The lowest BCUT2D eigenvalue weighted by atomic mass is 10.0. The first-order valence-electron chi connectivity index (χ1n) is 6.76. The molecular weight excluding hydrogens is 316 g/mol. The van der Waals surface area contributed by atoms with Crippen LogP contribution < -0.4 is 9.47 Å². The summed E-state index contributed by atoms with van der Waals surface area (Å²) in [6.45, 7) is 5.43. The Balaban J connectivity index is 1.75. The second-order valence-corrected chi connectivity index (χ2v) is 5.79. The van der Waals surface area contributed by atoms with Gasteiger partial charge in [-0.25, -0.2) is 0 Å². The van der Waals surface area contributed by atoms with E-state index in [0.29, 0.717) is 19.1 Å². The van der Waals surface area contributed by atoms with Crippen LogP contribution in [-0.4, -0.2) is 13.2 Å². The van der Waals surface area contributed by atoms with Gasteiger partial charge in [0.05, 0.1) is 0 Å². The first-order chi connectivity index (χ1) is 9.65. The van der Waals surface area contributed by atoms with E-state index in [0.717, 1.165) is 16.0 Å². The Morgan fingerprint density at radius 3 is 2.15 bits per heavy atom. The van der Waals surface area contributed by atoms with Gasteiger partial charge in [-0.1, -0.05) is 48.0 Å². The quantitative estimate of drug-likeness (QED) is 0.689. The van der Waals surface area contributed by atoms with Crippen molar-refractivity contribution in [2.24, 2.45) is 0 Å². The van der Waals surface area contributed by atoms with Crippen molar-refractivity contribution in [2.45, 2.75) is 19.8 Å². The van der Waals surface area contributed by atoms with E-state index in [1.807, 2.05) is 36.4 Å². The van der Waals surface area contributed by atoms with Crippen LogP contribution in [0.15, 0.2) is 53.0 Å². The van der Waals surface area contributed by atoms with Gasteiger partial charge in [0, 0.05) is 4.47 Å². The maximum absolute atomic E-state index is 5.66. The third-order valence-electron chi connectivity index (χ3n) is 2.96. The summed E-state index contributed by atoms with van der Waals surface area (Å²) >= 11 is 3.41. The maximum Gasteiger partial charge on any atom is 0.122 e. The number of hydrogen-bond donors (Lipinski definition) is 0. The highest BCUT2D eigenvalue weighted by molar-refractivity contribution is 9.10. The van der Waals surface area contributed by atoms with Crippen molar-refractivity contribution in [1.29, 1.82) is 0 Å². The summed E-state index contributed by atoms with van der Waals surface area (Å²) in [5, 5.41) is 0. The fourth-order valence-corrected chi connectivity index (χ4v) is 2.20. The number of hydrogen-bond acceptors (Lipinski definition) is 2. The molecule has 2 nitrogen and oxygen atoms in total. The molecule has 0 N–H and O–H groups in total. The molecule has 0 radical (unpaired) electrons. The van der Waals surface area contributed by atoms with Crippen molar-refractivity contribution in [2.75, 3.05) is 13.2 Å². The van der Waals surface area contributed by atoms with Gasteiger partial charge in [-0.05, 0) is 41.8 Å². The topological polar surface area (TPSA) is 18.5 Å². The van der Waals surface area contributed by atoms with Crippen LogP contribution in [0.25, 0.3) is 0 Å². The molecule has 0 aliphatic rings. The molecule has 0 saturated carbocycles. The molecule has 3 heteroatoms. The summed E-state index contributed by atoms with van der Waals surface area (Å²) in [6.07, 6.45) is 0. The van der Waals surface area contributed by atoms with Crippen LogP contribution in [-0.2, 0) is 0 Å². The van der Waals surface area contributed by atoms with E-state index in [-0.39, 0.29) is 0 Å². The van der Waals surface area contributed by atoms with Crippen LogP contribution in [0.4, 0.5) is 0 Å². The number of rotatable bonds is 6. The van der Waals surface area contributed by atoms with Crippen LogP contribution in [0.3, 0.4) is 0 Å². The molecular formula is C17H19BrO2. The molecule has 0 unspecified atom stereocenters. The van der Waals surface area contributed by atoms with Gasteiger partial charge < -0.3 is 9.47 Å². The van der Waals surface area contributed by atoms with Gasteiger partial charge in [0.2, 0.25) is 0 Å². The summed E-state index contributed by atoms with van der Waals surface area (Å²) in [7, 11) is 0. The van der Waals surface area contributed by atoms with Gasteiger partial charge in [0.1, 0.15) is 24.7 Å². The molecule has 2 rings (SSSR count). The molecule has 0 amide bonds. The van der Waals surface area contributed by atoms with Crippen molar-refractivity contribution < 1.29 is 9.47 Å². The van der Waals surface area contributed by atoms with E-state index in [1.54, 1.807) is 0 Å². The Morgan fingerprint density at radius 1 is 0.900 bits per heavy atom. The molecule has 0 bridgehead atoms. The third kappa shape index (κ3) is 4.57. The lowest BCUT2D eigenvalue weighted by molar-refractivity contribution is 0.217. The molecule has 20 heavy (non-hydrogen) atoms. The second kappa shape index (κ2) is 7.34. The minimum atomic E-state index is 0.530. The average molecular weight is 335 g/mol. The summed E-state index contributed by atoms with van der Waals surface area (Å²) in [5.74, 6) is 2.27. The highest BCUT2D eigenvalue weighted by Gasteiger charge is 2.00. The van der Waals surface area contributed by atoms with Gasteiger partial charge in [0.15, 0.2) is 0 Å². The molecule has 2 aromatic carbocycles. The van der Waals surface area contributed by atoms with Crippen molar-refractivity contribution in [3.05, 3.63) is 58.6 Å². The lowest BCUT2D eigenvalue weighted by Gasteiger charge is -2.10. The molecule has 0 aromatic heterocycles. The SMILES string of the molecule is CC(C)c1ccc(OCCOc2cccc(Br)c2)cc1. The molecule has 0 atom stereocenters. The molecule has 0 heterocycles. The molecule has 0 aliphatic carbocycles. The number of benzene rings is 2. The van der Waals surface area contributed by atoms with Crippen molar-refractivity contribution in [3.63, 3.8) is 0 Å². The fourth-order valence-electron chi connectivity index (χ4n) is 1.82. The second-order valence-electron chi connectivity index (χ2n) is 4.88. The van der Waals surface area contributed by atoms with E-state index in [1.165, 1.54) is 5.56 Å². The van der Waals surface area contributed by atoms with Crippen molar-refractivity contribution >= 4 is 15.9 Å². The van der Waals surface area contributed by atoms with E-state index >= 15 is 0 Å².